The molecule has 0 aliphatic carbocycles. The summed E-state index contributed by atoms with van der Waals surface area (Å²) < 4.78 is 33.5. The molecule has 1 N–H and O–H groups in total. The number of fused-ring (bicyclic) bond motifs is 1. The van der Waals surface area contributed by atoms with Crippen molar-refractivity contribution in [3.63, 3.8) is 0 Å². The number of carbonyl (C=O) groups excluding carboxylic acids is 2. The molecule has 2 aromatic rings. The number of rotatable bonds is 5. The van der Waals surface area contributed by atoms with Gasteiger partial charge in [0.2, 0.25) is 5.91 Å². The highest BCUT2D eigenvalue weighted by Crippen LogP contribution is 2.31. The second-order valence-corrected chi connectivity index (χ2v) is 9.56. The van der Waals surface area contributed by atoms with Gasteiger partial charge in [-0.2, -0.15) is 0 Å². The minimum Gasteiger partial charge on any atom is -0.497 e. The Morgan fingerprint density at radius 3 is 2.56 bits per heavy atom. The number of sulfonamides is 1. The fraction of sp³-hybridized carbons (Fsp3) is 0.348. The van der Waals surface area contributed by atoms with E-state index < -0.39 is 21.7 Å². The molecule has 1 atom stereocenters. The summed E-state index contributed by atoms with van der Waals surface area (Å²) >= 11 is 0. The summed E-state index contributed by atoms with van der Waals surface area (Å²) in [6.07, 6.45) is 5.35. The van der Waals surface area contributed by atoms with Gasteiger partial charge in [0.25, 0.3) is 10.0 Å². The van der Waals surface area contributed by atoms with Gasteiger partial charge in [0, 0.05) is 30.9 Å². The monoisotopic (exact) mass is 455 g/mol. The zero-order valence-corrected chi connectivity index (χ0v) is 18.6. The van der Waals surface area contributed by atoms with Crippen LogP contribution in [0, 0.1) is 5.92 Å². The molecule has 2 aliphatic heterocycles. The predicted octanol–water partition coefficient (Wildman–Crippen LogP) is 3.41. The number of likely N-dealkylation sites (tertiary alicyclic amines) is 1. The van der Waals surface area contributed by atoms with Crippen LogP contribution in [0.3, 0.4) is 0 Å². The van der Waals surface area contributed by atoms with Crippen LogP contribution in [0.5, 0.6) is 5.75 Å². The molecule has 4 rings (SSSR count). The number of Topliss-reactive ketones (excluding diaryl/α,β-unsaturated/α-hetero) is 1. The minimum absolute atomic E-state index is 0.0782. The molecule has 8 nitrogen and oxygen atoms in total. The molecule has 1 unspecified atom stereocenters. The number of ketones is 1. The Kier molecular flexibility index (Phi) is 6.27. The number of amides is 1. The number of aliphatic imine (C=N–C) groups is 1. The molecular formula is C23H25N3O5S. The van der Waals surface area contributed by atoms with E-state index in [1.54, 1.807) is 29.2 Å². The summed E-state index contributed by atoms with van der Waals surface area (Å²) in [5.41, 5.74) is 0.824. The zero-order chi connectivity index (χ0) is 22.7. The van der Waals surface area contributed by atoms with Gasteiger partial charge in [-0.15, -0.1) is 0 Å². The fourth-order valence-corrected chi connectivity index (χ4v) is 5.02. The summed E-state index contributed by atoms with van der Waals surface area (Å²) in [5, 5.41) is 0. The summed E-state index contributed by atoms with van der Waals surface area (Å²) in [6, 6.07) is 10.7. The number of ether oxygens (including phenoxy) is 1. The fourth-order valence-electron chi connectivity index (χ4n) is 3.95. The molecule has 2 heterocycles. The number of benzene rings is 2. The number of methoxy groups -OCH3 is 1. The molecule has 1 amide bonds. The van der Waals surface area contributed by atoms with Crippen molar-refractivity contribution in [3.05, 3.63) is 48.0 Å². The second kappa shape index (κ2) is 9.12. The van der Waals surface area contributed by atoms with E-state index in [4.69, 9.17) is 4.74 Å². The largest absolute Gasteiger partial charge is 0.497 e. The molecule has 2 aromatic carbocycles. The van der Waals surface area contributed by atoms with Gasteiger partial charge in [0.05, 0.1) is 23.4 Å². The van der Waals surface area contributed by atoms with Crippen molar-refractivity contribution in [2.45, 2.75) is 30.6 Å². The molecule has 0 saturated carbocycles. The van der Waals surface area contributed by atoms with Crippen LogP contribution < -0.4 is 9.46 Å². The number of hydrogen-bond acceptors (Lipinski definition) is 6. The third kappa shape index (κ3) is 4.52. The van der Waals surface area contributed by atoms with E-state index in [0.717, 1.165) is 25.7 Å². The Hall–Kier alpha value is -3.20. The van der Waals surface area contributed by atoms with Crippen molar-refractivity contribution < 1.29 is 22.7 Å². The van der Waals surface area contributed by atoms with Crippen molar-refractivity contribution in [1.82, 2.24) is 4.90 Å². The molecule has 0 bridgehead atoms. The number of hydrogen-bond donors (Lipinski definition) is 1. The van der Waals surface area contributed by atoms with E-state index in [-0.39, 0.29) is 16.4 Å². The first kappa shape index (κ1) is 22.0. The quantitative estimate of drug-likeness (QED) is 0.696. The number of nitrogens with one attached hydrogen (secondary N) is 1. The van der Waals surface area contributed by atoms with Crippen molar-refractivity contribution in [3.8, 4) is 5.75 Å². The Labute approximate surface area is 187 Å². The van der Waals surface area contributed by atoms with Crippen molar-refractivity contribution in [1.29, 1.82) is 0 Å². The molecule has 9 heteroatoms. The minimum atomic E-state index is -3.96. The van der Waals surface area contributed by atoms with E-state index in [1.807, 2.05) is 0 Å². The number of nitrogens with zero attached hydrogens (tertiary/aromatic N) is 2. The molecule has 0 spiro atoms. The molecule has 1 fully saturated rings. The third-order valence-corrected chi connectivity index (χ3v) is 7.07. The average Bonchev–Trinajstić information content (AvgIpc) is 3.08. The van der Waals surface area contributed by atoms with Crippen LogP contribution in [0.25, 0.3) is 0 Å². The maximum atomic E-state index is 13.1. The Bertz CT molecular complexity index is 1170. The molecule has 1 saturated heterocycles. The van der Waals surface area contributed by atoms with Crippen LogP contribution in [-0.4, -0.2) is 51.4 Å². The second-order valence-electron chi connectivity index (χ2n) is 7.88. The molecular weight excluding hydrogens is 430 g/mol. The standard InChI is InChI=1S/C23H25N3O5S/c1-31-17-8-6-7-16(13-17)25-32(29,30)18-9-10-21-19(14-18)22(27)20(15-24-21)23(28)26-11-4-2-3-5-12-26/h6-10,13-15,20,25H,2-5,11-12H2,1H3. The zero-order valence-electron chi connectivity index (χ0n) is 17.8. The van der Waals surface area contributed by atoms with Crippen LogP contribution in [0.1, 0.15) is 36.0 Å². The third-order valence-electron chi connectivity index (χ3n) is 5.69. The lowest BCUT2D eigenvalue weighted by molar-refractivity contribution is -0.131. The summed E-state index contributed by atoms with van der Waals surface area (Å²) in [4.78, 5) is 32.0. The average molecular weight is 456 g/mol. The lowest BCUT2D eigenvalue weighted by Crippen LogP contribution is -2.41. The maximum Gasteiger partial charge on any atom is 0.261 e. The predicted molar refractivity (Wildman–Crippen MR) is 121 cm³/mol. The van der Waals surface area contributed by atoms with Gasteiger partial charge < -0.3 is 9.64 Å². The Balaban J connectivity index is 1.58. The number of carbonyl (C=O) groups is 2. The van der Waals surface area contributed by atoms with Crippen molar-refractivity contribution in [2.75, 3.05) is 24.9 Å². The Morgan fingerprint density at radius 2 is 1.84 bits per heavy atom. The Morgan fingerprint density at radius 1 is 1.09 bits per heavy atom. The van der Waals surface area contributed by atoms with E-state index >= 15 is 0 Å². The molecule has 2 aliphatic rings. The van der Waals surface area contributed by atoms with Crippen molar-refractivity contribution in [2.24, 2.45) is 10.9 Å². The first-order chi connectivity index (χ1) is 15.4. The van der Waals surface area contributed by atoms with Gasteiger partial charge in [0.15, 0.2) is 5.78 Å². The van der Waals surface area contributed by atoms with Crippen molar-refractivity contribution >= 4 is 39.3 Å². The van der Waals surface area contributed by atoms with Gasteiger partial charge >= 0.3 is 0 Å². The summed E-state index contributed by atoms with van der Waals surface area (Å²) in [7, 11) is -2.47. The van der Waals surface area contributed by atoms with Gasteiger partial charge in [-0.25, -0.2) is 8.42 Å². The highest BCUT2D eigenvalue weighted by atomic mass is 32.2. The van der Waals surface area contributed by atoms with E-state index in [2.05, 4.69) is 9.71 Å². The number of anilines is 1. The van der Waals surface area contributed by atoms with Gasteiger partial charge in [-0.3, -0.25) is 19.3 Å². The van der Waals surface area contributed by atoms with Crippen LogP contribution in [0.2, 0.25) is 0 Å². The molecule has 0 aromatic heterocycles. The van der Waals surface area contributed by atoms with Crippen LogP contribution in [0.4, 0.5) is 11.4 Å². The van der Waals surface area contributed by atoms with Gasteiger partial charge in [0.1, 0.15) is 11.7 Å². The van der Waals surface area contributed by atoms with Crippen LogP contribution in [-0.2, 0) is 14.8 Å². The summed E-state index contributed by atoms with van der Waals surface area (Å²) in [6.45, 7) is 1.25. The first-order valence-corrected chi connectivity index (χ1v) is 12.1. The van der Waals surface area contributed by atoms with E-state index in [9.17, 15) is 18.0 Å². The highest BCUT2D eigenvalue weighted by Gasteiger charge is 2.34. The normalized spacial score (nSPS) is 18.6. The lowest BCUT2D eigenvalue weighted by atomic mass is 9.93. The van der Waals surface area contributed by atoms with Crippen LogP contribution >= 0.6 is 0 Å². The summed E-state index contributed by atoms with van der Waals surface area (Å²) in [5.74, 6) is -1.21. The molecule has 168 valence electrons. The first-order valence-electron chi connectivity index (χ1n) is 10.6. The van der Waals surface area contributed by atoms with Gasteiger partial charge in [-0.05, 0) is 43.2 Å². The smallest absolute Gasteiger partial charge is 0.261 e. The lowest BCUT2D eigenvalue weighted by Gasteiger charge is -2.25. The van der Waals surface area contributed by atoms with Crippen LogP contribution in [0.15, 0.2) is 52.4 Å². The van der Waals surface area contributed by atoms with E-state index in [1.165, 1.54) is 31.5 Å². The SMILES string of the molecule is COc1cccc(NS(=O)(=O)c2ccc3c(c2)C(=O)C(C(=O)N2CCCCCC2)C=N3)c1. The topological polar surface area (TPSA) is 105 Å². The molecule has 0 radical (unpaired) electrons. The van der Waals surface area contributed by atoms with Gasteiger partial charge in [-0.1, -0.05) is 18.9 Å². The molecule has 32 heavy (non-hydrogen) atoms. The highest BCUT2D eigenvalue weighted by molar-refractivity contribution is 7.92. The maximum absolute atomic E-state index is 13.1. The van der Waals surface area contributed by atoms with E-state index in [0.29, 0.717) is 30.2 Å².